The Morgan fingerprint density at radius 1 is 1.05 bits per heavy atom. The van der Waals surface area contributed by atoms with Crippen LogP contribution in [0.25, 0.3) is 0 Å². The molecule has 6 heteroatoms. The lowest BCUT2D eigenvalue weighted by Crippen LogP contribution is -2.51. The summed E-state index contributed by atoms with van der Waals surface area (Å²) in [5.74, 6) is 2.44. The standard InChI is InChI=1S/C31H49NO5/c1-20(29(35)32-18-8-6-7-9-28(34)36-5)25-12-13-26-24-11-10-22-19-23(37-21(2)33)14-16-30(22,3)27(24)15-17-31(25,26)4/h10,20,23-27H,6-9,11-19H2,1-5H3,(H,32,35)/t20-,23-,24?,25+,26-,27-,30-,31+/m0/s1. The van der Waals surface area contributed by atoms with Crippen LogP contribution >= 0.6 is 0 Å². The van der Waals surface area contributed by atoms with E-state index in [1.54, 1.807) is 0 Å². The number of carbonyl (C=O) groups is 3. The zero-order chi connectivity index (χ0) is 26.8. The van der Waals surface area contributed by atoms with Crippen LogP contribution in [0.4, 0.5) is 0 Å². The van der Waals surface area contributed by atoms with Crippen LogP contribution in [-0.4, -0.2) is 37.6 Å². The van der Waals surface area contributed by atoms with Gasteiger partial charge in [0.2, 0.25) is 5.91 Å². The molecule has 0 aliphatic heterocycles. The van der Waals surface area contributed by atoms with Crippen molar-refractivity contribution in [3.8, 4) is 0 Å². The Balaban J connectivity index is 1.34. The van der Waals surface area contributed by atoms with Gasteiger partial charge in [-0.2, -0.15) is 0 Å². The summed E-state index contributed by atoms with van der Waals surface area (Å²) in [7, 11) is 1.42. The van der Waals surface area contributed by atoms with Gasteiger partial charge < -0.3 is 14.8 Å². The summed E-state index contributed by atoms with van der Waals surface area (Å²) in [6.45, 7) is 9.32. The monoisotopic (exact) mass is 515 g/mol. The number of fused-ring (bicyclic) bond motifs is 5. The number of rotatable bonds is 9. The lowest BCUT2D eigenvalue weighted by atomic mass is 9.47. The number of amides is 1. The highest BCUT2D eigenvalue weighted by Crippen LogP contribution is 2.67. The maximum absolute atomic E-state index is 13.1. The average molecular weight is 516 g/mol. The highest BCUT2D eigenvalue weighted by atomic mass is 16.5. The fraction of sp³-hybridized carbons (Fsp3) is 0.839. The van der Waals surface area contributed by atoms with Crippen molar-refractivity contribution in [2.75, 3.05) is 13.7 Å². The zero-order valence-electron chi connectivity index (χ0n) is 23.8. The highest BCUT2D eigenvalue weighted by molar-refractivity contribution is 5.78. The molecule has 1 amide bonds. The van der Waals surface area contributed by atoms with E-state index in [1.165, 1.54) is 38.9 Å². The fourth-order valence-corrected chi connectivity index (χ4v) is 9.05. The predicted octanol–water partition coefficient (Wildman–Crippen LogP) is 5.98. The summed E-state index contributed by atoms with van der Waals surface area (Å²) in [5, 5.41) is 3.19. The summed E-state index contributed by atoms with van der Waals surface area (Å²) in [4.78, 5) is 35.9. The van der Waals surface area contributed by atoms with Crippen LogP contribution < -0.4 is 5.32 Å². The van der Waals surface area contributed by atoms with E-state index in [2.05, 4.69) is 36.9 Å². The molecular weight excluding hydrogens is 466 g/mol. The molecule has 8 atom stereocenters. The zero-order valence-corrected chi connectivity index (χ0v) is 23.8. The predicted molar refractivity (Wildman–Crippen MR) is 143 cm³/mol. The summed E-state index contributed by atoms with van der Waals surface area (Å²) >= 11 is 0. The fourth-order valence-electron chi connectivity index (χ4n) is 9.05. The van der Waals surface area contributed by atoms with Gasteiger partial charge in [0.05, 0.1) is 7.11 Å². The number of carbonyl (C=O) groups excluding carboxylic acids is 3. The lowest BCUT2D eigenvalue weighted by Gasteiger charge is -2.58. The smallest absolute Gasteiger partial charge is 0.305 e. The molecule has 0 radical (unpaired) electrons. The third-order valence-electron chi connectivity index (χ3n) is 11.1. The molecule has 0 aromatic heterocycles. The Bertz CT molecular complexity index is 898. The minimum Gasteiger partial charge on any atom is -0.469 e. The lowest BCUT2D eigenvalue weighted by molar-refractivity contribution is -0.148. The normalized spacial score (nSPS) is 37.3. The van der Waals surface area contributed by atoms with Crippen LogP contribution in [0, 0.1) is 40.4 Å². The van der Waals surface area contributed by atoms with E-state index in [-0.39, 0.29) is 40.7 Å². The molecule has 4 rings (SSSR count). The van der Waals surface area contributed by atoms with Gasteiger partial charge in [0.15, 0.2) is 0 Å². The van der Waals surface area contributed by atoms with Gasteiger partial charge in [0, 0.05) is 32.2 Å². The van der Waals surface area contributed by atoms with Crippen molar-refractivity contribution in [3.05, 3.63) is 11.6 Å². The Kier molecular flexibility index (Phi) is 8.75. The molecule has 0 aromatic carbocycles. The van der Waals surface area contributed by atoms with Gasteiger partial charge in [-0.15, -0.1) is 0 Å². The second-order valence-corrected chi connectivity index (χ2v) is 12.9. The summed E-state index contributed by atoms with van der Waals surface area (Å²) in [6, 6.07) is 0. The van der Waals surface area contributed by atoms with Crippen LogP contribution in [-0.2, 0) is 23.9 Å². The first kappa shape index (κ1) is 28.2. The van der Waals surface area contributed by atoms with Gasteiger partial charge >= 0.3 is 11.9 Å². The maximum Gasteiger partial charge on any atom is 0.305 e. The molecule has 1 unspecified atom stereocenters. The van der Waals surface area contributed by atoms with E-state index in [0.29, 0.717) is 36.6 Å². The van der Waals surface area contributed by atoms with Crippen LogP contribution in [0.3, 0.4) is 0 Å². The average Bonchev–Trinajstić information content (AvgIpc) is 3.22. The minimum absolute atomic E-state index is 0.0334. The van der Waals surface area contributed by atoms with E-state index in [1.807, 2.05) is 0 Å². The molecule has 3 saturated carbocycles. The van der Waals surface area contributed by atoms with Crippen molar-refractivity contribution in [1.29, 1.82) is 0 Å². The Labute approximate surface area is 223 Å². The van der Waals surface area contributed by atoms with Crippen LogP contribution in [0.1, 0.15) is 105 Å². The van der Waals surface area contributed by atoms with Crippen LogP contribution in [0.15, 0.2) is 11.6 Å². The first-order valence-electron chi connectivity index (χ1n) is 14.8. The van der Waals surface area contributed by atoms with Crippen molar-refractivity contribution in [2.24, 2.45) is 40.4 Å². The first-order valence-corrected chi connectivity index (χ1v) is 14.8. The number of esters is 2. The van der Waals surface area contributed by atoms with E-state index < -0.39 is 0 Å². The second kappa shape index (κ2) is 11.5. The molecule has 0 heterocycles. The molecule has 37 heavy (non-hydrogen) atoms. The number of ether oxygens (including phenoxy) is 2. The highest BCUT2D eigenvalue weighted by Gasteiger charge is 2.59. The number of methoxy groups -OCH3 is 1. The van der Waals surface area contributed by atoms with Crippen LogP contribution in [0.5, 0.6) is 0 Å². The van der Waals surface area contributed by atoms with Gasteiger partial charge in [-0.1, -0.05) is 38.8 Å². The van der Waals surface area contributed by atoms with E-state index in [9.17, 15) is 14.4 Å². The number of allylic oxidation sites excluding steroid dienone is 1. The number of hydrogen-bond donors (Lipinski definition) is 1. The molecule has 4 aliphatic carbocycles. The number of unbranched alkanes of at least 4 members (excludes halogenated alkanes) is 2. The maximum atomic E-state index is 13.1. The van der Waals surface area contributed by atoms with E-state index in [4.69, 9.17) is 4.74 Å². The quantitative estimate of drug-likeness (QED) is 0.232. The van der Waals surface area contributed by atoms with Gasteiger partial charge in [0.25, 0.3) is 0 Å². The molecular formula is C31H49NO5. The third kappa shape index (κ3) is 5.63. The van der Waals surface area contributed by atoms with Crippen molar-refractivity contribution in [1.82, 2.24) is 5.32 Å². The largest absolute Gasteiger partial charge is 0.469 e. The van der Waals surface area contributed by atoms with Crippen molar-refractivity contribution < 1.29 is 23.9 Å². The molecule has 6 nitrogen and oxygen atoms in total. The topological polar surface area (TPSA) is 81.7 Å². The van der Waals surface area contributed by atoms with Gasteiger partial charge in [-0.05, 0) is 92.3 Å². The third-order valence-corrected chi connectivity index (χ3v) is 11.1. The molecule has 0 aromatic rings. The molecule has 0 spiro atoms. The summed E-state index contributed by atoms with van der Waals surface area (Å²) < 4.78 is 10.3. The summed E-state index contributed by atoms with van der Waals surface area (Å²) in [5.41, 5.74) is 1.99. The van der Waals surface area contributed by atoms with Gasteiger partial charge in [-0.25, -0.2) is 0 Å². The van der Waals surface area contributed by atoms with Crippen molar-refractivity contribution >= 4 is 17.8 Å². The minimum atomic E-state index is -0.162. The van der Waals surface area contributed by atoms with Gasteiger partial charge in [0.1, 0.15) is 6.10 Å². The second-order valence-electron chi connectivity index (χ2n) is 12.9. The molecule has 1 N–H and O–H groups in total. The molecule has 0 bridgehead atoms. The van der Waals surface area contributed by atoms with Crippen molar-refractivity contribution in [3.63, 3.8) is 0 Å². The molecule has 208 valence electrons. The molecule has 3 fully saturated rings. The SMILES string of the molecule is COC(=O)CCCCCNC(=O)[C@@H](C)[C@H]1CC[C@H]2C3CC=C4C[C@@H](OC(C)=O)CC[C@]4(C)[C@H]3CC[C@]12C. The van der Waals surface area contributed by atoms with Gasteiger partial charge in [-0.3, -0.25) is 14.4 Å². The number of hydrogen-bond acceptors (Lipinski definition) is 5. The number of nitrogens with one attached hydrogen (secondary N) is 1. The molecule has 0 saturated heterocycles. The van der Waals surface area contributed by atoms with E-state index in [0.717, 1.165) is 51.4 Å². The Morgan fingerprint density at radius 3 is 2.57 bits per heavy atom. The summed E-state index contributed by atoms with van der Waals surface area (Å²) in [6.07, 6.45) is 14.6. The first-order chi connectivity index (χ1) is 17.6. The van der Waals surface area contributed by atoms with Crippen LogP contribution in [0.2, 0.25) is 0 Å². The molecule has 4 aliphatic rings. The Morgan fingerprint density at radius 2 is 1.84 bits per heavy atom. The van der Waals surface area contributed by atoms with E-state index >= 15 is 0 Å². The van der Waals surface area contributed by atoms with Crippen molar-refractivity contribution in [2.45, 2.75) is 111 Å². The Hall–Kier alpha value is -1.85.